The molecule has 0 aromatic carbocycles. The van der Waals surface area contributed by atoms with E-state index in [0.717, 1.165) is 0 Å². The summed E-state index contributed by atoms with van der Waals surface area (Å²) in [5.74, 6) is 0. The fraction of sp³-hybridized carbons (Fsp3) is 1.00. The maximum absolute atomic E-state index is 3.85. The minimum atomic E-state index is 0.501. The predicted molar refractivity (Wildman–Crippen MR) is 74.4 cm³/mol. The fourth-order valence-corrected chi connectivity index (χ4v) is 3.56. The van der Waals surface area contributed by atoms with Gasteiger partial charge in [0.05, 0.1) is 0 Å². The van der Waals surface area contributed by atoms with Gasteiger partial charge in [0.1, 0.15) is 0 Å². The molecule has 0 unspecified atom stereocenters. The van der Waals surface area contributed by atoms with Gasteiger partial charge in [0.15, 0.2) is 0 Å². The Bertz CT molecular complexity index is 209. The SMILES string of the molecule is CCCCCCN1CCCNC2(CCCC2)C1. The summed E-state index contributed by atoms with van der Waals surface area (Å²) < 4.78 is 0. The molecule has 1 saturated carbocycles. The van der Waals surface area contributed by atoms with Crippen molar-refractivity contribution in [2.75, 3.05) is 26.2 Å². The third kappa shape index (κ3) is 3.96. The lowest BCUT2D eigenvalue weighted by atomic mass is 9.97. The van der Waals surface area contributed by atoms with Crippen molar-refractivity contribution >= 4 is 0 Å². The van der Waals surface area contributed by atoms with Crippen molar-refractivity contribution < 1.29 is 0 Å². The molecule has 2 heteroatoms. The fourth-order valence-electron chi connectivity index (χ4n) is 3.56. The largest absolute Gasteiger partial charge is 0.310 e. The van der Waals surface area contributed by atoms with Crippen LogP contribution in [0.1, 0.15) is 64.7 Å². The highest BCUT2D eigenvalue weighted by Gasteiger charge is 2.35. The molecular formula is C15H30N2. The van der Waals surface area contributed by atoms with Gasteiger partial charge in [-0.1, -0.05) is 39.0 Å². The van der Waals surface area contributed by atoms with E-state index in [1.807, 2.05) is 0 Å². The van der Waals surface area contributed by atoms with E-state index in [0.29, 0.717) is 5.54 Å². The molecule has 2 rings (SSSR count). The first kappa shape index (κ1) is 13.4. The van der Waals surface area contributed by atoms with Gasteiger partial charge in [0.25, 0.3) is 0 Å². The smallest absolute Gasteiger partial charge is 0.0308 e. The van der Waals surface area contributed by atoms with Gasteiger partial charge in [0.2, 0.25) is 0 Å². The Kier molecular flexibility index (Phi) is 5.30. The molecule has 17 heavy (non-hydrogen) atoms. The van der Waals surface area contributed by atoms with E-state index in [-0.39, 0.29) is 0 Å². The minimum absolute atomic E-state index is 0.501. The summed E-state index contributed by atoms with van der Waals surface area (Å²) in [6, 6.07) is 0. The number of hydrogen-bond donors (Lipinski definition) is 1. The van der Waals surface area contributed by atoms with E-state index in [1.54, 1.807) is 0 Å². The molecule has 1 N–H and O–H groups in total. The van der Waals surface area contributed by atoms with Gasteiger partial charge >= 0.3 is 0 Å². The summed E-state index contributed by atoms with van der Waals surface area (Å²) in [6.45, 7) is 7.51. The first-order valence-electron chi connectivity index (χ1n) is 7.82. The molecule has 1 spiro atoms. The summed E-state index contributed by atoms with van der Waals surface area (Å²) in [6.07, 6.45) is 12.7. The molecule has 0 bridgehead atoms. The Morgan fingerprint density at radius 3 is 2.65 bits per heavy atom. The van der Waals surface area contributed by atoms with Crippen molar-refractivity contribution in [3.8, 4) is 0 Å². The van der Waals surface area contributed by atoms with Crippen molar-refractivity contribution in [2.45, 2.75) is 70.3 Å². The van der Waals surface area contributed by atoms with Crippen LogP contribution < -0.4 is 5.32 Å². The molecule has 1 heterocycles. The number of nitrogens with zero attached hydrogens (tertiary/aromatic N) is 1. The highest BCUT2D eigenvalue weighted by Crippen LogP contribution is 2.31. The highest BCUT2D eigenvalue weighted by atomic mass is 15.2. The zero-order valence-corrected chi connectivity index (χ0v) is 11.6. The van der Waals surface area contributed by atoms with Crippen LogP contribution in [0.25, 0.3) is 0 Å². The molecule has 1 aliphatic carbocycles. The van der Waals surface area contributed by atoms with Gasteiger partial charge in [-0.3, -0.25) is 0 Å². The Labute approximate surface area is 107 Å². The minimum Gasteiger partial charge on any atom is -0.310 e. The van der Waals surface area contributed by atoms with Gasteiger partial charge in [-0.15, -0.1) is 0 Å². The average molecular weight is 238 g/mol. The van der Waals surface area contributed by atoms with Crippen molar-refractivity contribution in [2.24, 2.45) is 0 Å². The molecular weight excluding hydrogens is 208 g/mol. The normalized spacial score (nSPS) is 25.2. The highest BCUT2D eigenvalue weighted by molar-refractivity contribution is 4.96. The third-order valence-corrected chi connectivity index (χ3v) is 4.57. The lowest BCUT2D eigenvalue weighted by Gasteiger charge is -2.33. The molecule has 1 aliphatic heterocycles. The van der Waals surface area contributed by atoms with Crippen LogP contribution >= 0.6 is 0 Å². The van der Waals surface area contributed by atoms with Gasteiger partial charge in [-0.2, -0.15) is 0 Å². The zero-order valence-electron chi connectivity index (χ0n) is 11.6. The van der Waals surface area contributed by atoms with Crippen LogP contribution in [0.3, 0.4) is 0 Å². The van der Waals surface area contributed by atoms with Crippen LogP contribution in [0, 0.1) is 0 Å². The quantitative estimate of drug-likeness (QED) is 0.740. The molecule has 0 aromatic rings. The molecule has 2 aliphatic rings. The lowest BCUT2D eigenvalue weighted by Crippen LogP contribution is -2.49. The summed E-state index contributed by atoms with van der Waals surface area (Å²) in [5.41, 5.74) is 0.501. The number of hydrogen-bond acceptors (Lipinski definition) is 2. The zero-order chi connectivity index (χ0) is 12.0. The van der Waals surface area contributed by atoms with Crippen LogP contribution in [-0.4, -0.2) is 36.6 Å². The van der Waals surface area contributed by atoms with E-state index in [2.05, 4.69) is 17.1 Å². The second kappa shape index (κ2) is 6.75. The number of rotatable bonds is 5. The van der Waals surface area contributed by atoms with E-state index in [9.17, 15) is 0 Å². The second-order valence-corrected chi connectivity index (χ2v) is 6.10. The maximum atomic E-state index is 3.85. The van der Waals surface area contributed by atoms with Gasteiger partial charge in [0, 0.05) is 12.1 Å². The Morgan fingerprint density at radius 2 is 1.88 bits per heavy atom. The van der Waals surface area contributed by atoms with E-state index in [1.165, 1.54) is 84.0 Å². The Hall–Kier alpha value is -0.0800. The molecule has 0 amide bonds. The van der Waals surface area contributed by atoms with E-state index < -0.39 is 0 Å². The van der Waals surface area contributed by atoms with Crippen molar-refractivity contribution in [3.05, 3.63) is 0 Å². The summed E-state index contributed by atoms with van der Waals surface area (Å²) in [7, 11) is 0. The third-order valence-electron chi connectivity index (χ3n) is 4.57. The standard InChI is InChI=1S/C15H30N2/c1-2-3-4-7-12-17-13-8-11-16-15(14-17)9-5-6-10-15/h16H,2-14H2,1H3. The Morgan fingerprint density at radius 1 is 1.06 bits per heavy atom. The molecule has 1 saturated heterocycles. The van der Waals surface area contributed by atoms with Crippen molar-refractivity contribution in [3.63, 3.8) is 0 Å². The van der Waals surface area contributed by atoms with E-state index >= 15 is 0 Å². The Balaban J connectivity index is 1.76. The van der Waals surface area contributed by atoms with Gasteiger partial charge in [-0.25, -0.2) is 0 Å². The van der Waals surface area contributed by atoms with Crippen LogP contribution in [0.5, 0.6) is 0 Å². The summed E-state index contributed by atoms with van der Waals surface area (Å²) in [5, 5.41) is 3.85. The topological polar surface area (TPSA) is 15.3 Å². The van der Waals surface area contributed by atoms with Gasteiger partial charge < -0.3 is 10.2 Å². The molecule has 100 valence electrons. The molecule has 0 atom stereocenters. The van der Waals surface area contributed by atoms with Gasteiger partial charge in [-0.05, 0) is 45.3 Å². The second-order valence-electron chi connectivity index (χ2n) is 6.10. The summed E-state index contributed by atoms with van der Waals surface area (Å²) in [4.78, 5) is 2.74. The number of nitrogens with one attached hydrogen (secondary N) is 1. The molecule has 0 radical (unpaired) electrons. The monoisotopic (exact) mass is 238 g/mol. The maximum Gasteiger partial charge on any atom is 0.0308 e. The summed E-state index contributed by atoms with van der Waals surface area (Å²) >= 11 is 0. The molecule has 2 fully saturated rings. The van der Waals surface area contributed by atoms with E-state index in [4.69, 9.17) is 0 Å². The van der Waals surface area contributed by atoms with Crippen LogP contribution in [0.4, 0.5) is 0 Å². The van der Waals surface area contributed by atoms with Crippen LogP contribution in [0.2, 0.25) is 0 Å². The average Bonchev–Trinajstić information content (AvgIpc) is 2.68. The first-order valence-corrected chi connectivity index (χ1v) is 7.82. The van der Waals surface area contributed by atoms with Crippen molar-refractivity contribution in [1.82, 2.24) is 10.2 Å². The number of unbranched alkanes of at least 4 members (excludes halogenated alkanes) is 3. The first-order chi connectivity index (χ1) is 8.35. The van der Waals surface area contributed by atoms with Crippen LogP contribution in [-0.2, 0) is 0 Å². The predicted octanol–water partition coefficient (Wildman–Crippen LogP) is 3.17. The molecule has 0 aromatic heterocycles. The van der Waals surface area contributed by atoms with Crippen LogP contribution in [0.15, 0.2) is 0 Å². The lowest BCUT2D eigenvalue weighted by molar-refractivity contribution is 0.206. The molecule has 2 nitrogen and oxygen atoms in total. The van der Waals surface area contributed by atoms with Crippen molar-refractivity contribution in [1.29, 1.82) is 0 Å².